The summed E-state index contributed by atoms with van der Waals surface area (Å²) in [4.78, 5) is 28.7. The molecule has 3 N–H and O–H groups in total. The average Bonchev–Trinajstić information content (AvgIpc) is 3.39. The molecule has 42 heavy (non-hydrogen) atoms. The number of hydrogen-bond acceptors (Lipinski definition) is 9. The Kier molecular flexibility index (Phi) is 8.67. The summed E-state index contributed by atoms with van der Waals surface area (Å²) in [5.41, 5.74) is 3.76. The Morgan fingerprint density at radius 3 is 2.52 bits per heavy atom. The van der Waals surface area contributed by atoms with Crippen molar-refractivity contribution in [2.75, 3.05) is 50.3 Å². The Morgan fingerprint density at radius 2 is 1.88 bits per heavy atom. The van der Waals surface area contributed by atoms with E-state index in [0.29, 0.717) is 61.5 Å². The molecular formula is C30H31Cl2N7O3. The Labute approximate surface area is 254 Å². The van der Waals surface area contributed by atoms with E-state index in [1.807, 2.05) is 25.1 Å². The zero-order valence-corrected chi connectivity index (χ0v) is 25.2. The molecule has 1 saturated heterocycles. The molecule has 218 valence electrons. The van der Waals surface area contributed by atoms with Crippen LogP contribution in [-0.2, 0) is 4.79 Å². The van der Waals surface area contributed by atoms with Crippen LogP contribution in [0.15, 0.2) is 49.2 Å². The molecule has 12 heteroatoms. The molecule has 10 nitrogen and oxygen atoms in total. The zero-order chi connectivity index (χ0) is 30.0. The topological polar surface area (TPSA) is 114 Å². The number of carbonyl (C=O) groups is 1. The number of amides is 1. The summed E-state index contributed by atoms with van der Waals surface area (Å²) in [5, 5.41) is 11.0. The molecule has 1 amide bonds. The highest BCUT2D eigenvalue weighted by Gasteiger charge is 2.24. The van der Waals surface area contributed by atoms with Crippen LogP contribution in [0.2, 0.25) is 10.0 Å². The van der Waals surface area contributed by atoms with Gasteiger partial charge in [-0.1, -0.05) is 41.9 Å². The van der Waals surface area contributed by atoms with Crippen LogP contribution < -0.4 is 25.4 Å². The largest absolute Gasteiger partial charge is 0.495 e. The van der Waals surface area contributed by atoms with Crippen molar-refractivity contribution in [2.24, 2.45) is 0 Å². The van der Waals surface area contributed by atoms with Crippen molar-refractivity contribution in [1.82, 2.24) is 19.9 Å². The van der Waals surface area contributed by atoms with Crippen LogP contribution >= 0.6 is 23.2 Å². The van der Waals surface area contributed by atoms with Crippen LogP contribution in [0.4, 0.5) is 23.1 Å². The minimum atomic E-state index is -0.320. The third kappa shape index (κ3) is 5.92. The molecule has 4 aromatic rings. The van der Waals surface area contributed by atoms with Gasteiger partial charge in [-0.2, -0.15) is 0 Å². The molecule has 1 unspecified atom stereocenters. The first-order chi connectivity index (χ1) is 20.2. The standard InChI is InChI=1S/C30H31Cl2N7O3/c1-6-23(40)35-19-9-7-8-16(2)27(19)37-30-33-14-17-12-20(24-25(31)21(41-4)13-22(42-5)26(24)32)36-29(28(17)38-30)34-18-10-11-39(3)15-18/h6-9,12-14,18H,1,10-11,15H2,2-5H3,(H,34,36)(H,35,40)(H,33,37,38). The Balaban J connectivity index is 1.63. The first kappa shape index (κ1) is 29.4. The maximum absolute atomic E-state index is 12.0. The first-order valence-corrected chi connectivity index (χ1v) is 14.0. The summed E-state index contributed by atoms with van der Waals surface area (Å²) in [6, 6.07) is 9.22. The Morgan fingerprint density at radius 1 is 1.14 bits per heavy atom. The number of fused-ring (bicyclic) bond motifs is 1. The number of rotatable bonds is 9. The van der Waals surface area contributed by atoms with E-state index in [4.69, 9.17) is 42.6 Å². The second-order valence-electron chi connectivity index (χ2n) is 9.98. The zero-order valence-electron chi connectivity index (χ0n) is 23.7. The van der Waals surface area contributed by atoms with Crippen LogP contribution in [0, 0.1) is 6.92 Å². The number of nitrogens with one attached hydrogen (secondary N) is 3. The number of likely N-dealkylation sites (N-methyl/N-ethyl adjacent to an activating group) is 1. The molecule has 2 aromatic carbocycles. The van der Waals surface area contributed by atoms with E-state index in [2.05, 4.69) is 39.5 Å². The van der Waals surface area contributed by atoms with E-state index < -0.39 is 0 Å². The summed E-state index contributed by atoms with van der Waals surface area (Å²) in [7, 11) is 5.14. The van der Waals surface area contributed by atoms with Crippen molar-refractivity contribution in [3.05, 3.63) is 64.8 Å². The minimum absolute atomic E-state index is 0.162. The number of aromatic nitrogens is 3. The summed E-state index contributed by atoms with van der Waals surface area (Å²) in [6.07, 6.45) is 3.88. The van der Waals surface area contributed by atoms with Gasteiger partial charge in [0.15, 0.2) is 5.82 Å². The van der Waals surface area contributed by atoms with Crippen molar-refractivity contribution < 1.29 is 14.3 Å². The van der Waals surface area contributed by atoms with Gasteiger partial charge in [0.2, 0.25) is 11.9 Å². The number of aryl methyl sites for hydroxylation is 1. The van der Waals surface area contributed by atoms with Crippen molar-refractivity contribution in [3.63, 3.8) is 0 Å². The summed E-state index contributed by atoms with van der Waals surface area (Å²) < 4.78 is 11.0. The van der Waals surface area contributed by atoms with Crippen LogP contribution in [0.25, 0.3) is 22.2 Å². The fourth-order valence-corrected chi connectivity index (χ4v) is 5.61. The van der Waals surface area contributed by atoms with Crippen LogP contribution in [0.5, 0.6) is 11.5 Å². The SMILES string of the molecule is C=CC(=O)Nc1cccc(C)c1Nc1ncc2cc(-c3c(Cl)c(OC)cc(OC)c3Cl)nc(NC3CCN(C)C3)c2n1. The lowest BCUT2D eigenvalue weighted by atomic mass is 10.1. The molecule has 5 rings (SSSR count). The summed E-state index contributed by atoms with van der Waals surface area (Å²) >= 11 is 13.5. The molecule has 1 aliphatic heterocycles. The van der Waals surface area contributed by atoms with Gasteiger partial charge in [-0.3, -0.25) is 4.79 Å². The van der Waals surface area contributed by atoms with E-state index in [0.717, 1.165) is 30.5 Å². The lowest BCUT2D eigenvalue weighted by molar-refractivity contribution is -0.111. The molecule has 1 aliphatic rings. The number of benzene rings is 2. The van der Waals surface area contributed by atoms with E-state index >= 15 is 0 Å². The molecule has 0 bridgehead atoms. The molecule has 1 fully saturated rings. The number of para-hydroxylation sites is 1. The third-order valence-electron chi connectivity index (χ3n) is 7.08. The number of halogens is 2. The number of nitrogens with zero attached hydrogens (tertiary/aromatic N) is 4. The van der Waals surface area contributed by atoms with Gasteiger partial charge in [0.1, 0.15) is 17.0 Å². The number of methoxy groups -OCH3 is 2. The van der Waals surface area contributed by atoms with Gasteiger partial charge in [-0.25, -0.2) is 15.0 Å². The van der Waals surface area contributed by atoms with E-state index in [-0.39, 0.29) is 11.9 Å². The molecule has 2 aromatic heterocycles. The van der Waals surface area contributed by atoms with Crippen LogP contribution in [0.1, 0.15) is 12.0 Å². The molecular weight excluding hydrogens is 577 g/mol. The van der Waals surface area contributed by atoms with Crippen LogP contribution in [0.3, 0.4) is 0 Å². The van der Waals surface area contributed by atoms with Gasteiger partial charge in [0, 0.05) is 35.8 Å². The number of pyridine rings is 1. The van der Waals surface area contributed by atoms with E-state index in [9.17, 15) is 4.79 Å². The highest BCUT2D eigenvalue weighted by molar-refractivity contribution is 6.41. The van der Waals surface area contributed by atoms with Gasteiger partial charge in [-0.15, -0.1) is 0 Å². The van der Waals surface area contributed by atoms with Crippen molar-refractivity contribution in [1.29, 1.82) is 0 Å². The lowest BCUT2D eigenvalue weighted by Crippen LogP contribution is -2.24. The van der Waals surface area contributed by atoms with E-state index in [1.54, 1.807) is 18.3 Å². The number of likely N-dealkylation sites (tertiary alicyclic amines) is 1. The van der Waals surface area contributed by atoms with Crippen LogP contribution in [-0.4, -0.2) is 66.2 Å². The normalized spacial score (nSPS) is 15.0. The van der Waals surface area contributed by atoms with Gasteiger partial charge in [-0.05, 0) is 50.7 Å². The Bertz CT molecular complexity index is 1650. The quantitative estimate of drug-likeness (QED) is 0.188. The fraction of sp³-hybridized carbons (Fsp3) is 0.267. The Hall–Kier alpha value is -4.12. The fourth-order valence-electron chi connectivity index (χ4n) is 4.92. The second-order valence-corrected chi connectivity index (χ2v) is 10.7. The molecule has 0 spiro atoms. The second kappa shape index (κ2) is 12.4. The summed E-state index contributed by atoms with van der Waals surface area (Å²) in [6.45, 7) is 7.29. The number of anilines is 4. The average molecular weight is 609 g/mol. The number of ether oxygens (including phenoxy) is 2. The maximum Gasteiger partial charge on any atom is 0.247 e. The van der Waals surface area contributed by atoms with Crippen molar-refractivity contribution >= 4 is 63.2 Å². The van der Waals surface area contributed by atoms with Gasteiger partial charge < -0.3 is 30.3 Å². The lowest BCUT2D eigenvalue weighted by Gasteiger charge is -2.19. The third-order valence-corrected chi connectivity index (χ3v) is 7.83. The predicted molar refractivity (Wildman–Crippen MR) is 169 cm³/mol. The smallest absolute Gasteiger partial charge is 0.247 e. The molecule has 1 atom stereocenters. The minimum Gasteiger partial charge on any atom is -0.495 e. The van der Waals surface area contributed by atoms with Gasteiger partial charge >= 0.3 is 0 Å². The van der Waals surface area contributed by atoms with E-state index in [1.165, 1.54) is 20.3 Å². The molecule has 0 saturated carbocycles. The molecule has 0 radical (unpaired) electrons. The monoisotopic (exact) mass is 607 g/mol. The maximum atomic E-state index is 12.0. The number of hydrogen-bond donors (Lipinski definition) is 3. The summed E-state index contributed by atoms with van der Waals surface area (Å²) in [5.74, 6) is 1.41. The molecule has 3 heterocycles. The number of carbonyl (C=O) groups excluding carboxylic acids is 1. The highest BCUT2D eigenvalue weighted by atomic mass is 35.5. The van der Waals surface area contributed by atoms with Crippen molar-refractivity contribution in [2.45, 2.75) is 19.4 Å². The highest BCUT2D eigenvalue weighted by Crippen LogP contribution is 2.46. The molecule has 0 aliphatic carbocycles. The van der Waals surface area contributed by atoms with Crippen molar-refractivity contribution in [3.8, 4) is 22.8 Å². The van der Waals surface area contributed by atoms with Gasteiger partial charge in [0.25, 0.3) is 0 Å². The first-order valence-electron chi connectivity index (χ1n) is 13.3. The predicted octanol–water partition coefficient (Wildman–Crippen LogP) is 6.31. The van der Waals surface area contributed by atoms with Gasteiger partial charge in [0.05, 0.1) is 41.3 Å².